The zero-order valence-electron chi connectivity index (χ0n) is 9.69. The molecular formula is C14H12O3. The zero-order valence-corrected chi connectivity index (χ0v) is 9.69. The van der Waals surface area contributed by atoms with E-state index < -0.39 is 11.8 Å². The number of Topliss-reactive ketones (excluding diaryl/α,β-unsaturated/α-hetero) is 1. The number of carbonyl (C=O) groups is 2. The van der Waals surface area contributed by atoms with Crippen LogP contribution in [0.5, 0.6) is 5.75 Å². The first-order chi connectivity index (χ1) is 8.08. The van der Waals surface area contributed by atoms with Gasteiger partial charge in [-0.2, -0.15) is 0 Å². The Hall–Kier alpha value is -2.16. The second kappa shape index (κ2) is 4.37. The number of hydrogen-bond acceptors (Lipinski definition) is 3. The van der Waals surface area contributed by atoms with Gasteiger partial charge in [-0.25, -0.2) is 4.79 Å². The van der Waals surface area contributed by atoms with Gasteiger partial charge in [0, 0.05) is 12.3 Å². The number of ketones is 1. The highest BCUT2D eigenvalue weighted by molar-refractivity contribution is 6.33. The number of carbonyl (C=O) groups excluding carboxylic acids is 2. The number of ether oxygens (including phenoxy) is 1. The van der Waals surface area contributed by atoms with Crippen molar-refractivity contribution in [1.82, 2.24) is 0 Å². The molecular weight excluding hydrogens is 216 g/mol. The average molecular weight is 228 g/mol. The van der Waals surface area contributed by atoms with Crippen LogP contribution in [0.1, 0.15) is 12.5 Å². The summed E-state index contributed by atoms with van der Waals surface area (Å²) < 4.78 is 5.04. The third-order valence-electron chi connectivity index (χ3n) is 2.49. The minimum Gasteiger partial charge on any atom is -0.420 e. The molecule has 0 atom stereocenters. The van der Waals surface area contributed by atoms with E-state index in [2.05, 4.69) is 0 Å². The summed E-state index contributed by atoms with van der Waals surface area (Å²) in [6.07, 6.45) is 0. The lowest BCUT2D eigenvalue weighted by atomic mass is 10.1. The molecule has 0 saturated carbocycles. The van der Waals surface area contributed by atoms with Crippen molar-refractivity contribution in [3.8, 4) is 5.75 Å². The molecule has 0 heterocycles. The van der Waals surface area contributed by atoms with Crippen molar-refractivity contribution in [2.45, 2.75) is 13.8 Å². The summed E-state index contributed by atoms with van der Waals surface area (Å²) in [5.41, 5.74) is 1.13. The molecule has 0 saturated heterocycles. The summed E-state index contributed by atoms with van der Waals surface area (Å²) in [5.74, 6) is -1.02. The number of hydrogen-bond donors (Lipinski definition) is 0. The van der Waals surface area contributed by atoms with E-state index in [0.29, 0.717) is 5.75 Å². The van der Waals surface area contributed by atoms with Crippen molar-refractivity contribution in [3.63, 3.8) is 0 Å². The molecule has 0 unspecified atom stereocenters. The lowest BCUT2D eigenvalue weighted by molar-refractivity contribution is -0.145. The van der Waals surface area contributed by atoms with Gasteiger partial charge >= 0.3 is 5.97 Å². The number of esters is 1. The van der Waals surface area contributed by atoms with Gasteiger partial charge in [0.1, 0.15) is 5.75 Å². The maximum absolute atomic E-state index is 11.3. The highest BCUT2D eigenvalue weighted by atomic mass is 16.5. The molecule has 3 heteroatoms. The second-order valence-electron chi connectivity index (χ2n) is 3.93. The van der Waals surface area contributed by atoms with E-state index >= 15 is 0 Å². The first-order valence-corrected chi connectivity index (χ1v) is 5.30. The molecule has 0 aromatic heterocycles. The Morgan fingerprint density at radius 1 is 1.12 bits per heavy atom. The Bertz CT molecular complexity index is 599. The summed E-state index contributed by atoms with van der Waals surface area (Å²) in [6, 6.07) is 11.2. The molecule has 3 nitrogen and oxygen atoms in total. The Morgan fingerprint density at radius 3 is 2.59 bits per heavy atom. The molecule has 0 spiro atoms. The smallest absolute Gasteiger partial charge is 0.379 e. The van der Waals surface area contributed by atoms with E-state index in [9.17, 15) is 9.59 Å². The highest BCUT2D eigenvalue weighted by Crippen LogP contribution is 2.26. The van der Waals surface area contributed by atoms with Crippen LogP contribution in [-0.4, -0.2) is 11.8 Å². The maximum atomic E-state index is 11.3. The standard InChI is InChI=1S/C14H12O3/c1-9-6-7-12-11(8-9)4-3-5-13(12)17-14(16)10(2)15/h3-8H,1-2H3. The molecule has 0 N–H and O–H groups in total. The average Bonchev–Trinajstić information content (AvgIpc) is 2.28. The molecule has 2 rings (SSSR count). The molecule has 17 heavy (non-hydrogen) atoms. The normalized spacial score (nSPS) is 10.2. The molecule has 0 fully saturated rings. The van der Waals surface area contributed by atoms with E-state index in [0.717, 1.165) is 16.3 Å². The quantitative estimate of drug-likeness (QED) is 0.451. The molecule has 0 aliphatic carbocycles. The highest BCUT2D eigenvalue weighted by Gasteiger charge is 2.12. The summed E-state index contributed by atoms with van der Waals surface area (Å²) >= 11 is 0. The molecule has 0 aliphatic heterocycles. The number of fused-ring (bicyclic) bond motifs is 1. The first kappa shape index (κ1) is 11.3. The topological polar surface area (TPSA) is 43.4 Å². The SMILES string of the molecule is CC(=O)C(=O)Oc1cccc2cc(C)ccc12. The van der Waals surface area contributed by atoms with Gasteiger partial charge in [0.15, 0.2) is 0 Å². The number of aryl methyl sites for hydroxylation is 1. The second-order valence-corrected chi connectivity index (χ2v) is 3.93. The molecule has 0 radical (unpaired) electrons. The van der Waals surface area contributed by atoms with E-state index in [-0.39, 0.29) is 0 Å². The van der Waals surface area contributed by atoms with Gasteiger partial charge in [0.25, 0.3) is 0 Å². The van der Waals surface area contributed by atoms with Crippen molar-refractivity contribution in [1.29, 1.82) is 0 Å². The van der Waals surface area contributed by atoms with Gasteiger partial charge in [-0.1, -0.05) is 35.9 Å². The van der Waals surface area contributed by atoms with Crippen molar-refractivity contribution in [2.75, 3.05) is 0 Å². The summed E-state index contributed by atoms with van der Waals surface area (Å²) in [5, 5.41) is 1.81. The monoisotopic (exact) mass is 228 g/mol. The molecule has 0 aliphatic rings. The van der Waals surface area contributed by atoms with Gasteiger partial charge in [-0.05, 0) is 18.4 Å². The van der Waals surface area contributed by atoms with E-state index in [1.165, 1.54) is 6.92 Å². The molecule has 0 amide bonds. The fourth-order valence-electron chi connectivity index (χ4n) is 1.63. The van der Waals surface area contributed by atoms with Gasteiger partial charge < -0.3 is 4.74 Å². The van der Waals surface area contributed by atoms with Crippen molar-refractivity contribution in [2.24, 2.45) is 0 Å². The van der Waals surface area contributed by atoms with Crippen molar-refractivity contribution in [3.05, 3.63) is 42.0 Å². The van der Waals surface area contributed by atoms with Gasteiger partial charge in [-0.3, -0.25) is 4.79 Å². The van der Waals surface area contributed by atoms with Crippen LogP contribution in [0, 0.1) is 6.92 Å². The van der Waals surface area contributed by atoms with Crippen LogP contribution in [0.25, 0.3) is 10.8 Å². The number of rotatable bonds is 2. The maximum Gasteiger partial charge on any atom is 0.379 e. The Balaban J connectivity index is 2.48. The van der Waals surface area contributed by atoms with Crippen LogP contribution in [0.15, 0.2) is 36.4 Å². The van der Waals surface area contributed by atoms with Gasteiger partial charge in [0.2, 0.25) is 5.78 Å². The third-order valence-corrected chi connectivity index (χ3v) is 2.49. The van der Waals surface area contributed by atoms with Crippen molar-refractivity contribution < 1.29 is 14.3 Å². The van der Waals surface area contributed by atoms with Gasteiger partial charge in [-0.15, -0.1) is 0 Å². The third kappa shape index (κ3) is 2.33. The lowest BCUT2D eigenvalue weighted by Gasteiger charge is -2.06. The predicted molar refractivity (Wildman–Crippen MR) is 65.0 cm³/mol. The summed E-state index contributed by atoms with van der Waals surface area (Å²) in [6.45, 7) is 3.19. The Labute approximate surface area is 99.0 Å². The summed E-state index contributed by atoms with van der Waals surface area (Å²) in [4.78, 5) is 22.1. The number of benzene rings is 2. The Morgan fingerprint density at radius 2 is 1.88 bits per heavy atom. The van der Waals surface area contributed by atoms with Crippen LogP contribution >= 0.6 is 0 Å². The van der Waals surface area contributed by atoms with E-state index in [1.54, 1.807) is 12.1 Å². The van der Waals surface area contributed by atoms with E-state index in [1.807, 2.05) is 31.2 Å². The Kier molecular flexibility index (Phi) is 2.91. The largest absolute Gasteiger partial charge is 0.420 e. The van der Waals surface area contributed by atoms with Crippen LogP contribution in [0.2, 0.25) is 0 Å². The van der Waals surface area contributed by atoms with Crippen LogP contribution < -0.4 is 4.74 Å². The van der Waals surface area contributed by atoms with Crippen LogP contribution in [0.3, 0.4) is 0 Å². The fraction of sp³-hybridized carbons (Fsp3) is 0.143. The van der Waals surface area contributed by atoms with Crippen molar-refractivity contribution >= 4 is 22.5 Å². The molecule has 0 bridgehead atoms. The van der Waals surface area contributed by atoms with E-state index in [4.69, 9.17) is 4.74 Å². The van der Waals surface area contributed by atoms with Crippen LogP contribution in [0.4, 0.5) is 0 Å². The minimum atomic E-state index is -0.835. The molecule has 2 aromatic rings. The predicted octanol–water partition coefficient (Wildman–Crippen LogP) is 2.64. The molecule has 86 valence electrons. The summed E-state index contributed by atoms with van der Waals surface area (Å²) in [7, 11) is 0. The lowest BCUT2D eigenvalue weighted by Crippen LogP contribution is -2.16. The first-order valence-electron chi connectivity index (χ1n) is 5.30. The zero-order chi connectivity index (χ0) is 12.4. The minimum absolute atomic E-state index is 0.419. The van der Waals surface area contributed by atoms with Gasteiger partial charge in [0.05, 0.1) is 0 Å². The molecule has 2 aromatic carbocycles. The van der Waals surface area contributed by atoms with Crippen LogP contribution in [-0.2, 0) is 9.59 Å². The fourth-order valence-corrected chi connectivity index (χ4v) is 1.63.